The van der Waals surface area contributed by atoms with Crippen LogP contribution in [0.2, 0.25) is 0 Å². The number of unbranched alkanes of at least 4 members (excludes halogenated alkanes) is 4. The number of carbonyl (C=O) groups is 3. The lowest BCUT2D eigenvalue weighted by Crippen LogP contribution is -2.53. The van der Waals surface area contributed by atoms with Gasteiger partial charge in [0.1, 0.15) is 12.1 Å². The first-order chi connectivity index (χ1) is 15.3. The second kappa shape index (κ2) is 19.3. The van der Waals surface area contributed by atoms with Gasteiger partial charge in [0.15, 0.2) is 5.96 Å². The highest BCUT2D eigenvalue weighted by Gasteiger charge is 2.25. The van der Waals surface area contributed by atoms with Crippen molar-refractivity contribution in [1.29, 1.82) is 0 Å². The lowest BCUT2D eigenvalue weighted by Gasteiger charge is -2.23. The Bertz CT molecular complexity index is 567. The van der Waals surface area contributed by atoms with E-state index in [1.54, 1.807) is 6.92 Å². The third kappa shape index (κ3) is 15.4. The first-order valence-electron chi connectivity index (χ1n) is 11.7. The normalized spacial score (nSPS) is 12.5. The molecule has 2 atom stereocenters. The zero-order chi connectivity index (χ0) is 24.2. The van der Waals surface area contributed by atoms with Gasteiger partial charge in [0.05, 0.1) is 0 Å². The van der Waals surface area contributed by atoms with Crippen LogP contribution >= 0.6 is 0 Å². The summed E-state index contributed by atoms with van der Waals surface area (Å²) in [5.74, 6) is -0.718. The van der Waals surface area contributed by atoms with Gasteiger partial charge in [0.25, 0.3) is 0 Å². The fraction of sp³-hybridized carbons (Fsp3) is 0.810. The van der Waals surface area contributed by atoms with E-state index in [0.717, 1.165) is 32.1 Å². The van der Waals surface area contributed by atoms with Gasteiger partial charge in [-0.3, -0.25) is 19.4 Å². The van der Waals surface area contributed by atoms with E-state index in [4.69, 9.17) is 22.9 Å². The molecule has 32 heavy (non-hydrogen) atoms. The zero-order valence-corrected chi connectivity index (χ0v) is 19.5. The van der Waals surface area contributed by atoms with Gasteiger partial charge in [-0.1, -0.05) is 6.92 Å². The summed E-state index contributed by atoms with van der Waals surface area (Å²) in [5.41, 5.74) is 21.7. The summed E-state index contributed by atoms with van der Waals surface area (Å²) >= 11 is 0. The van der Waals surface area contributed by atoms with Gasteiger partial charge in [-0.15, -0.1) is 0 Å². The summed E-state index contributed by atoms with van der Waals surface area (Å²) in [6.45, 7) is 3.82. The Morgan fingerprint density at radius 1 is 0.781 bits per heavy atom. The van der Waals surface area contributed by atoms with Gasteiger partial charge in [-0.2, -0.15) is 0 Å². The molecule has 0 radical (unpaired) electrons. The minimum Gasteiger partial charge on any atom is -0.370 e. The average Bonchev–Trinajstić information content (AvgIpc) is 2.76. The van der Waals surface area contributed by atoms with Crippen molar-refractivity contribution in [3.8, 4) is 0 Å². The Kier molecular flexibility index (Phi) is 17.9. The van der Waals surface area contributed by atoms with Gasteiger partial charge < -0.3 is 38.9 Å². The minimum atomic E-state index is -0.686. The maximum Gasteiger partial charge on any atom is 0.243 e. The SMILES string of the molecule is CCC(=O)N[C@@H](CCCCN)C(=O)N[C@@H](CCCCN)C(=O)NCCCCCN=C(N)N. The Morgan fingerprint density at radius 2 is 1.38 bits per heavy atom. The summed E-state index contributed by atoms with van der Waals surface area (Å²) in [6, 6.07) is -1.36. The number of guanidine groups is 1. The molecule has 0 rings (SSSR count). The van der Waals surface area contributed by atoms with Crippen LogP contribution in [0.5, 0.6) is 0 Å². The monoisotopic (exact) mass is 456 g/mol. The molecule has 0 aromatic carbocycles. The number of rotatable bonds is 19. The predicted octanol–water partition coefficient (Wildman–Crippen LogP) is -0.816. The van der Waals surface area contributed by atoms with Gasteiger partial charge >= 0.3 is 0 Å². The van der Waals surface area contributed by atoms with Crippen molar-refractivity contribution in [1.82, 2.24) is 16.0 Å². The second-order valence-corrected chi connectivity index (χ2v) is 7.76. The van der Waals surface area contributed by atoms with E-state index in [9.17, 15) is 14.4 Å². The van der Waals surface area contributed by atoms with E-state index in [-0.39, 0.29) is 30.1 Å². The van der Waals surface area contributed by atoms with Gasteiger partial charge in [-0.25, -0.2) is 0 Å². The standard InChI is InChI=1S/C21H44N8O3/c1-2-18(30)28-17(11-5-7-13-23)20(32)29-16(10-4-6-12-22)19(31)26-14-8-3-9-15-27-21(24)25/h16-17H,2-15,22-23H2,1H3,(H,26,31)(H,28,30)(H,29,32)(H4,24,25,27)/t16-,17-/m0/s1. The molecule has 0 aliphatic heterocycles. The van der Waals surface area contributed by atoms with E-state index >= 15 is 0 Å². The van der Waals surface area contributed by atoms with E-state index in [0.29, 0.717) is 51.9 Å². The van der Waals surface area contributed by atoms with Crippen LogP contribution in [0.4, 0.5) is 0 Å². The lowest BCUT2D eigenvalue weighted by molar-refractivity contribution is -0.132. The van der Waals surface area contributed by atoms with Crippen molar-refractivity contribution in [2.45, 2.75) is 83.2 Å². The highest BCUT2D eigenvalue weighted by molar-refractivity contribution is 5.92. The third-order valence-corrected chi connectivity index (χ3v) is 4.93. The lowest BCUT2D eigenvalue weighted by atomic mass is 10.1. The molecule has 0 saturated carbocycles. The van der Waals surface area contributed by atoms with Crippen molar-refractivity contribution in [3.63, 3.8) is 0 Å². The fourth-order valence-corrected chi connectivity index (χ4v) is 3.05. The molecule has 11 N–H and O–H groups in total. The van der Waals surface area contributed by atoms with Crippen molar-refractivity contribution < 1.29 is 14.4 Å². The molecule has 0 aliphatic carbocycles. The summed E-state index contributed by atoms with van der Waals surface area (Å²) in [4.78, 5) is 41.3. The number of nitrogens with two attached hydrogens (primary N) is 4. The number of hydrogen-bond acceptors (Lipinski definition) is 6. The predicted molar refractivity (Wildman–Crippen MR) is 128 cm³/mol. The number of nitrogens with one attached hydrogen (secondary N) is 3. The maximum atomic E-state index is 12.8. The largest absolute Gasteiger partial charge is 0.370 e. The van der Waals surface area contributed by atoms with E-state index in [1.807, 2.05) is 0 Å². The molecule has 0 saturated heterocycles. The molecule has 0 aliphatic rings. The highest BCUT2D eigenvalue weighted by atomic mass is 16.2. The quantitative estimate of drug-likeness (QED) is 0.0746. The molecule has 186 valence electrons. The van der Waals surface area contributed by atoms with Crippen molar-refractivity contribution in [2.24, 2.45) is 27.9 Å². The summed E-state index contributed by atoms with van der Waals surface area (Å²) in [5, 5.41) is 8.45. The average molecular weight is 457 g/mol. The number of aliphatic imine (C=N–C) groups is 1. The molecule has 0 aromatic heterocycles. The Balaban J connectivity index is 4.78. The van der Waals surface area contributed by atoms with Crippen LogP contribution in [0.1, 0.15) is 71.1 Å². The minimum absolute atomic E-state index is 0.0748. The number of hydrogen-bond donors (Lipinski definition) is 7. The maximum absolute atomic E-state index is 12.8. The summed E-state index contributed by atoms with van der Waals surface area (Å²) in [7, 11) is 0. The smallest absolute Gasteiger partial charge is 0.243 e. The molecule has 0 unspecified atom stereocenters. The topological polar surface area (TPSA) is 204 Å². The molecular formula is C21H44N8O3. The van der Waals surface area contributed by atoms with Crippen LogP contribution in [-0.4, -0.2) is 61.9 Å². The molecular weight excluding hydrogens is 412 g/mol. The van der Waals surface area contributed by atoms with E-state index in [1.165, 1.54) is 0 Å². The zero-order valence-electron chi connectivity index (χ0n) is 19.5. The summed E-state index contributed by atoms with van der Waals surface area (Å²) < 4.78 is 0. The molecule has 3 amide bonds. The molecule has 11 heteroatoms. The number of nitrogens with zero attached hydrogens (tertiary/aromatic N) is 1. The Hall–Kier alpha value is -2.40. The number of carbonyl (C=O) groups excluding carboxylic acids is 3. The molecule has 0 aromatic rings. The van der Waals surface area contributed by atoms with Crippen LogP contribution in [0, 0.1) is 0 Å². The van der Waals surface area contributed by atoms with Crippen LogP contribution in [0.15, 0.2) is 4.99 Å². The van der Waals surface area contributed by atoms with Crippen molar-refractivity contribution >= 4 is 23.7 Å². The van der Waals surface area contributed by atoms with Crippen LogP contribution in [-0.2, 0) is 14.4 Å². The Labute approximate surface area is 191 Å². The van der Waals surface area contributed by atoms with Crippen molar-refractivity contribution in [2.75, 3.05) is 26.2 Å². The van der Waals surface area contributed by atoms with Crippen LogP contribution < -0.4 is 38.9 Å². The molecule has 0 bridgehead atoms. The van der Waals surface area contributed by atoms with E-state index in [2.05, 4.69) is 20.9 Å². The first-order valence-corrected chi connectivity index (χ1v) is 11.7. The van der Waals surface area contributed by atoms with E-state index < -0.39 is 12.1 Å². The van der Waals surface area contributed by atoms with Gasteiger partial charge in [-0.05, 0) is 70.9 Å². The molecule has 11 nitrogen and oxygen atoms in total. The molecule has 0 spiro atoms. The number of amides is 3. The summed E-state index contributed by atoms with van der Waals surface area (Å²) in [6.07, 6.45) is 6.66. The highest BCUT2D eigenvalue weighted by Crippen LogP contribution is 2.06. The van der Waals surface area contributed by atoms with Gasteiger partial charge in [0, 0.05) is 19.5 Å². The first kappa shape index (κ1) is 29.6. The van der Waals surface area contributed by atoms with Crippen LogP contribution in [0.25, 0.3) is 0 Å². The second-order valence-electron chi connectivity index (χ2n) is 7.76. The third-order valence-electron chi connectivity index (χ3n) is 4.93. The van der Waals surface area contributed by atoms with Crippen LogP contribution in [0.3, 0.4) is 0 Å². The van der Waals surface area contributed by atoms with Crippen molar-refractivity contribution in [3.05, 3.63) is 0 Å². The Morgan fingerprint density at radius 3 is 1.91 bits per heavy atom. The molecule has 0 fully saturated rings. The fourth-order valence-electron chi connectivity index (χ4n) is 3.05. The molecule has 0 heterocycles. The van der Waals surface area contributed by atoms with Gasteiger partial charge in [0.2, 0.25) is 17.7 Å².